The van der Waals surface area contributed by atoms with Crippen molar-refractivity contribution in [2.24, 2.45) is 15.9 Å². The van der Waals surface area contributed by atoms with E-state index in [1.54, 1.807) is 0 Å². The van der Waals surface area contributed by atoms with Crippen molar-refractivity contribution in [3.8, 4) is 0 Å². The summed E-state index contributed by atoms with van der Waals surface area (Å²) in [6, 6.07) is 0. The van der Waals surface area contributed by atoms with E-state index in [4.69, 9.17) is 0 Å². The quantitative estimate of drug-likeness (QED) is 0.743. The Morgan fingerprint density at radius 2 is 2.53 bits per heavy atom. The van der Waals surface area contributed by atoms with Crippen LogP contribution in [0.15, 0.2) is 9.98 Å². The van der Waals surface area contributed by atoms with E-state index in [2.05, 4.69) is 27.1 Å². The van der Waals surface area contributed by atoms with Gasteiger partial charge in [0, 0.05) is 32.3 Å². The largest absolute Gasteiger partial charge is 0.354 e. The molecule has 1 N–H and O–H groups in total. The average molecular weight is 208 g/mol. The van der Waals surface area contributed by atoms with E-state index >= 15 is 0 Å². The first-order chi connectivity index (χ1) is 7.38. The second-order valence-corrected chi connectivity index (χ2v) is 4.23. The standard InChI is InChI=1S/C11H20N4/c1-2-15-7-4-10(9-15)8-14-11-12-5-3-6-13-11/h5,10H,2-4,6-9H2,1H3,(H,13,14). The molecule has 0 aromatic rings. The van der Waals surface area contributed by atoms with Gasteiger partial charge in [-0.3, -0.25) is 4.99 Å². The van der Waals surface area contributed by atoms with Gasteiger partial charge in [-0.05, 0) is 25.4 Å². The maximum atomic E-state index is 4.32. The summed E-state index contributed by atoms with van der Waals surface area (Å²) >= 11 is 0. The van der Waals surface area contributed by atoms with Crippen molar-refractivity contribution >= 4 is 12.2 Å². The number of likely N-dealkylation sites (tertiary alicyclic amines) is 1. The summed E-state index contributed by atoms with van der Waals surface area (Å²) in [5.41, 5.74) is 0. The molecular formula is C11H20N4. The zero-order valence-electron chi connectivity index (χ0n) is 9.45. The lowest BCUT2D eigenvalue weighted by Crippen LogP contribution is -2.31. The first kappa shape index (κ1) is 10.6. The zero-order chi connectivity index (χ0) is 10.5. The monoisotopic (exact) mass is 208 g/mol. The molecule has 4 nitrogen and oxygen atoms in total. The van der Waals surface area contributed by atoms with Gasteiger partial charge in [0.15, 0.2) is 0 Å². The highest BCUT2D eigenvalue weighted by Gasteiger charge is 2.20. The van der Waals surface area contributed by atoms with Crippen LogP contribution < -0.4 is 5.32 Å². The minimum Gasteiger partial charge on any atom is -0.354 e. The smallest absolute Gasteiger partial charge is 0.217 e. The molecule has 1 unspecified atom stereocenters. The fourth-order valence-corrected chi connectivity index (χ4v) is 2.12. The highest BCUT2D eigenvalue weighted by Crippen LogP contribution is 2.14. The van der Waals surface area contributed by atoms with Crippen molar-refractivity contribution in [3.63, 3.8) is 0 Å². The van der Waals surface area contributed by atoms with Crippen molar-refractivity contribution in [3.05, 3.63) is 0 Å². The average Bonchev–Trinajstić information content (AvgIpc) is 2.76. The maximum Gasteiger partial charge on any atom is 0.217 e. The Hall–Kier alpha value is -0.900. The molecule has 2 aliphatic heterocycles. The van der Waals surface area contributed by atoms with Gasteiger partial charge < -0.3 is 10.2 Å². The lowest BCUT2D eigenvalue weighted by Gasteiger charge is -2.14. The number of hydrogen-bond acceptors (Lipinski definition) is 4. The summed E-state index contributed by atoms with van der Waals surface area (Å²) in [5, 5.41) is 3.33. The summed E-state index contributed by atoms with van der Waals surface area (Å²) in [7, 11) is 0. The van der Waals surface area contributed by atoms with Crippen LogP contribution in [0.5, 0.6) is 0 Å². The van der Waals surface area contributed by atoms with Gasteiger partial charge in [-0.15, -0.1) is 0 Å². The Morgan fingerprint density at radius 1 is 1.60 bits per heavy atom. The number of nitrogens with one attached hydrogen (secondary N) is 1. The van der Waals surface area contributed by atoms with Crippen LogP contribution in [0, 0.1) is 5.92 Å². The maximum absolute atomic E-state index is 4.32. The molecule has 0 aromatic carbocycles. The number of guanidine groups is 1. The Morgan fingerprint density at radius 3 is 3.20 bits per heavy atom. The molecule has 2 heterocycles. The van der Waals surface area contributed by atoms with E-state index in [0.29, 0.717) is 0 Å². The molecule has 84 valence electrons. The first-order valence-electron chi connectivity index (χ1n) is 5.91. The van der Waals surface area contributed by atoms with Crippen LogP contribution >= 0.6 is 0 Å². The van der Waals surface area contributed by atoms with Crippen LogP contribution in [0.25, 0.3) is 0 Å². The van der Waals surface area contributed by atoms with E-state index in [9.17, 15) is 0 Å². The predicted octanol–water partition coefficient (Wildman–Crippen LogP) is 0.748. The summed E-state index contributed by atoms with van der Waals surface area (Å²) in [4.78, 5) is 11.1. The molecule has 2 rings (SSSR count). The summed E-state index contributed by atoms with van der Waals surface area (Å²) in [5.74, 6) is 1.60. The van der Waals surface area contributed by atoms with Gasteiger partial charge in [-0.25, -0.2) is 4.99 Å². The van der Waals surface area contributed by atoms with Crippen molar-refractivity contribution in [2.75, 3.05) is 32.7 Å². The van der Waals surface area contributed by atoms with Crippen LogP contribution in [-0.4, -0.2) is 49.8 Å². The van der Waals surface area contributed by atoms with Gasteiger partial charge in [0.2, 0.25) is 5.96 Å². The number of aliphatic imine (C=N–C) groups is 2. The fourth-order valence-electron chi connectivity index (χ4n) is 2.12. The van der Waals surface area contributed by atoms with Gasteiger partial charge >= 0.3 is 0 Å². The Kier molecular flexibility index (Phi) is 3.72. The third-order valence-electron chi connectivity index (χ3n) is 3.10. The topological polar surface area (TPSA) is 40.0 Å². The second kappa shape index (κ2) is 5.26. The molecule has 1 atom stereocenters. The highest BCUT2D eigenvalue weighted by molar-refractivity contribution is 5.89. The third-order valence-corrected chi connectivity index (χ3v) is 3.10. The van der Waals surface area contributed by atoms with Gasteiger partial charge in [0.25, 0.3) is 0 Å². The van der Waals surface area contributed by atoms with E-state index < -0.39 is 0 Å². The zero-order valence-corrected chi connectivity index (χ0v) is 9.45. The van der Waals surface area contributed by atoms with Crippen molar-refractivity contribution < 1.29 is 0 Å². The lowest BCUT2D eigenvalue weighted by molar-refractivity contribution is 0.342. The normalized spacial score (nSPS) is 26.7. The molecule has 4 heteroatoms. The lowest BCUT2D eigenvalue weighted by atomic mass is 10.1. The van der Waals surface area contributed by atoms with E-state index in [1.807, 2.05) is 6.21 Å². The number of rotatable bonds is 3. The van der Waals surface area contributed by atoms with Gasteiger partial charge in [-0.1, -0.05) is 6.92 Å². The highest BCUT2D eigenvalue weighted by atomic mass is 15.2. The molecule has 0 aromatic heterocycles. The van der Waals surface area contributed by atoms with Gasteiger partial charge in [-0.2, -0.15) is 0 Å². The van der Waals surface area contributed by atoms with Crippen LogP contribution in [0.4, 0.5) is 0 Å². The van der Waals surface area contributed by atoms with Gasteiger partial charge in [0.05, 0.1) is 0 Å². The molecule has 0 radical (unpaired) electrons. The summed E-state index contributed by atoms with van der Waals surface area (Å²) in [6.07, 6.45) is 4.23. The minimum absolute atomic E-state index is 0.768. The molecule has 1 saturated heterocycles. The summed E-state index contributed by atoms with van der Waals surface area (Å²) < 4.78 is 0. The molecule has 15 heavy (non-hydrogen) atoms. The van der Waals surface area contributed by atoms with Crippen molar-refractivity contribution in [1.82, 2.24) is 10.2 Å². The molecule has 0 amide bonds. The third kappa shape index (κ3) is 3.02. The number of hydrogen-bond donors (Lipinski definition) is 1. The molecular weight excluding hydrogens is 188 g/mol. The molecule has 0 aliphatic carbocycles. The molecule has 0 saturated carbocycles. The van der Waals surface area contributed by atoms with Crippen LogP contribution in [0.1, 0.15) is 19.8 Å². The van der Waals surface area contributed by atoms with E-state index in [0.717, 1.165) is 31.4 Å². The van der Waals surface area contributed by atoms with Crippen LogP contribution in [0.2, 0.25) is 0 Å². The molecule has 0 bridgehead atoms. The molecule has 2 aliphatic rings. The fraction of sp³-hybridized carbons (Fsp3) is 0.818. The SMILES string of the molecule is CCN1CCC(CNC2=NCCC=N2)C1. The molecule has 1 fully saturated rings. The van der Waals surface area contributed by atoms with Crippen LogP contribution in [-0.2, 0) is 0 Å². The Balaban J connectivity index is 1.70. The minimum atomic E-state index is 0.768. The van der Waals surface area contributed by atoms with Crippen molar-refractivity contribution in [2.45, 2.75) is 19.8 Å². The summed E-state index contributed by atoms with van der Waals surface area (Å²) in [6.45, 7) is 7.78. The first-order valence-corrected chi connectivity index (χ1v) is 5.91. The Bertz CT molecular complexity index is 259. The van der Waals surface area contributed by atoms with Crippen molar-refractivity contribution in [1.29, 1.82) is 0 Å². The van der Waals surface area contributed by atoms with E-state index in [1.165, 1.54) is 26.1 Å². The van der Waals surface area contributed by atoms with Crippen LogP contribution in [0.3, 0.4) is 0 Å². The molecule has 0 spiro atoms. The second-order valence-electron chi connectivity index (χ2n) is 4.23. The predicted molar refractivity (Wildman–Crippen MR) is 63.6 cm³/mol. The van der Waals surface area contributed by atoms with Gasteiger partial charge in [0.1, 0.15) is 0 Å². The number of nitrogens with zero attached hydrogens (tertiary/aromatic N) is 3. The van der Waals surface area contributed by atoms with E-state index in [-0.39, 0.29) is 0 Å². The Labute approximate surface area is 91.5 Å².